The first-order chi connectivity index (χ1) is 15.1. The number of anilines is 1. The van der Waals surface area contributed by atoms with E-state index in [1.807, 2.05) is 38.1 Å². The molecule has 7 nitrogen and oxygen atoms in total. The van der Waals surface area contributed by atoms with E-state index in [1.54, 1.807) is 16.4 Å². The summed E-state index contributed by atoms with van der Waals surface area (Å²) in [5.41, 5.74) is 2.23. The van der Waals surface area contributed by atoms with Gasteiger partial charge in [0, 0.05) is 11.4 Å². The zero-order valence-electron chi connectivity index (χ0n) is 18.8. The van der Waals surface area contributed by atoms with E-state index in [1.165, 1.54) is 0 Å². The maximum Gasteiger partial charge on any atom is 0.338 e. The molecule has 0 fully saturated rings. The number of fused-ring (bicyclic) bond motifs is 1. The molecular weight excluding hydrogens is 412 g/mol. The van der Waals surface area contributed by atoms with E-state index in [2.05, 4.69) is 24.1 Å². The van der Waals surface area contributed by atoms with Crippen LogP contribution in [0.2, 0.25) is 0 Å². The number of benzene rings is 1. The lowest BCUT2D eigenvalue weighted by atomic mass is 9.96. The molecule has 0 spiro atoms. The van der Waals surface area contributed by atoms with E-state index in [9.17, 15) is 4.79 Å². The van der Waals surface area contributed by atoms with Gasteiger partial charge in [-0.2, -0.15) is 4.98 Å². The lowest BCUT2D eigenvalue weighted by Crippen LogP contribution is -2.29. The average molecular weight is 445 g/mol. The van der Waals surface area contributed by atoms with Crippen LogP contribution in [0.5, 0.6) is 5.75 Å². The molecule has 2 heterocycles. The van der Waals surface area contributed by atoms with Gasteiger partial charge >= 0.3 is 5.97 Å². The molecule has 1 aliphatic heterocycles. The molecule has 0 bridgehead atoms. The molecular formula is C23H32N4O3S. The Kier molecular flexibility index (Phi) is 8.40. The van der Waals surface area contributed by atoms with E-state index in [-0.39, 0.29) is 5.97 Å². The largest absolute Gasteiger partial charge is 0.494 e. The predicted octanol–water partition coefficient (Wildman–Crippen LogP) is 5.20. The Balaban J connectivity index is 1.96. The number of carbonyl (C=O) groups is 1. The molecule has 0 aliphatic carbocycles. The number of ether oxygens (including phenoxy) is 2. The minimum absolute atomic E-state index is 0.321. The molecule has 0 radical (unpaired) electrons. The highest BCUT2D eigenvalue weighted by atomic mass is 32.2. The molecule has 3 rings (SSSR count). The standard InChI is InChI=1S/C23H32N4O3S/c1-5-8-14-30-21(28)19-16(4)24-22-25-23(31-15-9-6-2)26-27(22)20(19)17-10-12-18(13-11-17)29-7-3/h10-13,20H,5-9,14-15H2,1-4H3,(H,24,25,26). The SMILES string of the molecule is CCCCOC(=O)C1=C(C)Nc2nc(SCCCC)nn2C1c1ccc(OCC)cc1. The Morgan fingerprint density at radius 3 is 2.58 bits per heavy atom. The number of aromatic nitrogens is 3. The van der Waals surface area contributed by atoms with E-state index >= 15 is 0 Å². The van der Waals surface area contributed by atoms with Crippen molar-refractivity contribution in [1.82, 2.24) is 14.8 Å². The molecule has 0 amide bonds. The Morgan fingerprint density at radius 1 is 1.16 bits per heavy atom. The fourth-order valence-electron chi connectivity index (χ4n) is 3.37. The monoisotopic (exact) mass is 444 g/mol. The van der Waals surface area contributed by atoms with Crippen LogP contribution < -0.4 is 10.1 Å². The third-order valence-corrected chi connectivity index (χ3v) is 5.94. The van der Waals surface area contributed by atoms with Crippen molar-refractivity contribution in [3.63, 3.8) is 0 Å². The minimum atomic E-state index is -0.408. The van der Waals surface area contributed by atoms with E-state index < -0.39 is 6.04 Å². The molecule has 168 valence electrons. The summed E-state index contributed by atoms with van der Waals surface area (Å²) in [5, 5.41) is 8.70. The lowest BCUT2D eigenvalue weighted by Gasteiger charge is -2.28. The third-order valence-electron chi connectivity index (χ3n) is 5.02. The van der Waals surface area contributed by atoms with E-state index in [0.29, 0.717) is 29.9 Å². The highest BCUT2D eigenvalue weighted by molar-refractivity contribution is 7.99. The van der Waals surface area contributed by atoms with Gasteiger partial charge in [0.15, 0.2) is 0 Å². The van der Waals surface area contributed by atoms with Crippen LogP contribution in [0.25, 0.3) is 0 Å². The van der Waals surface area contributed by atoms with Crippen molar-refractivity contribution in [2.24, 2.45) is 0 Å². The fraction of sp³-hybridized carbons (Fsp3) is 0.522. The number of carbonyl (C=O) groups excluding carboxylic acids is 1. The van der Waals surface area contributed by atoms with Crippen molar-refractivity contribution in [2.45, 2.75) is 64.6 Å². The fourth-order valence-corrected chi connectivity index (χ4v) is 4.29. The van der Waals surface area contributed by atoms with Crippen LogP contribution in [0.4, 0.5) is 5.95 Å². The molecule has 1 unspecified atom stereocenters. The summed E-state index contributed by atoms with van der Waals surface area (Å²) in [4.78, 5) is 17.7. The summed E-state index contributed by atoms with van der Waals surface area (Å²) in [5.74, 6) is 2.08. The number of thioether (sulfide) groups is 1. The second-order valence-electron chi connectivity index (χ2n) is 7.42. The van der Waals surface area contributed by atoms with Gasteiger partial charge in [0.25, 0.3) is 0 Å². The normalized spacial score (nSPS) is 15.4. The van der Waals surface area contributed by atoms with Gasteiger partial charge < -0.3 is 14.8 Å². The molecule has 0 saturated carbocycles. The van der Waals surface area contributed by atoms with Gasteiger partial charge in [-0.05, 0) is 44.4 Å². The number of nitrogens with zero attached hydrogens (tertiary/aromatic N) is 3. The maximum absolute atomic E-state index is 13.1. The Labute approximate surface area is 188 Å². The second-order valence-corrected chi connectivity index (χ2v) is 8.48. The average Bonchev–Trinajstić information content (AvgIpc) is 3.16. The van der Waals surface area contributed by atoms with Crippen LogP contribution in [0.1, 0.15) is 65.0 Å². The molecule has 31 heavy (non-hydrogen) atoms. The van der Waals surface area contributed by atoms with Gasteiger partial charge in [-0.1, -0.05) is 50.6 Å². The van der Waals surface area contributed by atoms with Gasteiger partial charge in [-0.3, -0.25) is 0 Å². The highest BCUT2D eigenvalue weighted by Crippen LogP contribution is 2.37. The van der Waals surface area contributed by atoms with Crippen LogP contribution >= 0.6 is 11.8 Å². The number of rotatable bonds is 11. The number of allylic oxidation sites excluding steroid dienone is 1. The highest BCUT2D eigenvalue weighted by Gasteiger charge is 2.35. The summed E-state index contributed by atoms with van der Waals surface area (Å²) >= 11 is 1.63. The minimum Gasteiger partial charge on any atom is -0.494 e. The molecule has 2 aromatic rings. The number of nitrogens with one attached hydrogen (secondary N) is 1. The van der Waals surface area contributed by atoms with Crippen LogP contribution in [-0.2, 0) is 9.53 Å². The van der Waals surface area contributed by atoms with Crippen molar-refractivity contribution < 1.29 is 14.3 Å². The first kappa shape index (κ1) is 23.2. The summed E-state index contributed by atoms with van der Waals surface area (Å²) in [7, 11) is 0. The molecule has 8 heteroatoms. The van der Waals surface area contributed by atoms with Crippen LogP contribution in [0.15, 0.2) is 40.7 Å². The van der Waals surface area contributed by atoms with Crippen molar-refractivity contribution in [2.75, 3.05) is 24.3 Å². The maximum atomic E-state index is 13.1. The zero-order chi connectivity index (χ0) is 22.2. The van der Waals surface area contributed by atoms with Gasteiger partial charge in [0.2, 0.25) is 11.1 Å². The predicted molar refractivity (Wildman–Crippen MR) is 124 cm³/mol. The summed E-state index contributed by atoms with van der Waals surface area (Å²) in [6, 6.07) is 7.38. The lowest BCUT2D eigenvalue weighted by molar-refractivity contribution is -0.139. The van der Waals surface area contributed by atoms with Gasteiger partial charge in [0.05, 0.1) is 18.8 Å². The molecule has 0 saturated heterocycles. The number of hydrogen-bond acceptors (Lipinski definition) is 7. The zero-order valence-corrected chi connectivity index (χ0v) is 19.6. The molecule has 1 aromatic carbocycles. The van der Waals surface area contributed by atoms with Crippen molar-refractivity contribution in [3.8, 4) is 5.75 Å². The summed E-state index contributed by atoms with van der Waals surface area (Å²) in [6.07, 6.45) is 4.04. The van der Waals surface area contributed by atoms with Crippen LogP contribution in [0, 0.1) is 0 Å². The van der Waals surface area contributed by atoms with Crippen molar-refractivity contribution in [3.05, 3.63) is 41.1 Å². The number of unbranched alkanes of at least 4 members (excludes halogenated alkanes) is 2. The number of esters is 1. The van der Waals surface area contributed by atoms with Crippen LogP contribution in [-0.4, -0.2) is 39.7 Å². The third kappa shape index (κ3) is 5.61. The first-order valence-electron chi connectivity index (χ1n) is 11.1. The van der Waals surface area contributed by atoms with Crippen molar-refractivity contribution in [1.29, 1.82) is 0 Å². The van der Waals surface area contributed by atoms with Crippen LogP contribution in [0.3, 0.4) is 0 Å². The molecule has 1 aliphatic rings. The van der Waals surface area contributed by atoms with Gasteiger partial charge in [0.1, 0.15) is 11.8 Å². The molecule has 1 atom stereocenters. The second kappa shape index (κ2) is 11.2. The Hall–Kier alpha value is -2.48. The van der Waals surface area contributed by atoms with E-state index in [4.69, 9.17) is 14.6 Å². The first-order valence-corrected chi connectivity index (χ1v) is 12.0. The van der Waals surface area contributed by atoms with Gasteiger partial charge in [-0.15, -0.1) is 5.10 Å². The molecule has 1 N–H and O–H groups in total. The topological polar surface area (TPSA) is 78.3 Å². The van der Waals surface area contributed by atoms with Crippen molar-refractivity contribution >= 4 is 23.7 Å². The quantitative estimate of drug-likeness (QED) is 0.290. The Morgan fingerprint density at radius 2 is 1.90 bits per heavy atom. The molecule has 1 aromatic heterocycles. The van der Waals surface area contributed by atoms with Gasteiger partial charge in [-0.25, -0.2) is 9.48 Å². The summed E-state index contributed by atoms with van der Waals surface area (Å²) < 4.78 is 13.0. The Bertz CT molecular complexity index is 908. The smallest absolute Gasteiger partial charge is 0.338 e. The van der Waals surface area contributed by atoms with E-state index in [0.717, 1.165) is 48.4 Å². The summed E-state index contributed by atoms with van der Waals surface area (Å²) in [6.45, 7) is 9.09. The number of hydrogen-bond donors (Lipinski definition) is 1.